The maximum absolute atomic E-state index is 6.25. The van der Waals surface area contributed by atoms with Crippen molar-refractivity contribution in [3.63, 3.8) is 0 Å². The fourth-order valence-corrected chi connectivity index (χ4v) is 4.33. The summed E-state index contributed by atoms with van der Waals surface area (Å²) in [5.74, 6) is 2.61. The molecular formula is C23H31N5O2. The van der Waals surface area contributed by atoms with Crippen LogP contribution in [0.3, 0.4) is 0 Å². The number of nitrogens with two attached hydrogens (primary N) is 1. The van der Waals surface area contributed by atoms with Crippen LogP contribution in [0.25, 0.3) is 5.65 Å². The molecule has 0 unspecified atom stereocenters. The summed E-state index contributed by atoms with van der Waals surface area (Å²) >= 11 is 0. The van der Waals surface area contributed by atoms with E-state index in [1.807, 2.05) is 26.0 Å². The minimum Gasteiger partial charge on any atom is -0.493 e. The van der Waals surface area contributed by atoms with Crippen LogP contribution >= 0.6 is 0 Å². The van der Waals surface area contributed by atoms with Crippen LogP contribution in [0.1, 0.15) is 48.2 Å². The molecule has 1 aliphatic heterocycles. The second kappa shape index (κ2) is 8.52. The summed E-state index contributed by atoms with van der Waals surface area (Å²) in [6, 6.07) is 8.16. The Morgan fingerprint density at radius 2 is 2.00 bits per heavy atom. The minimum atomic E-state index is 0.367. The van der Waals surface area contributed by atoms with Crippen LogP contribution < -0.4 is 15.2 Å². The number of piperidine rings is 1. The molecule has 1 saturated heterocycles. The zero-order valence-corrected chi connectivity index (χ0v) is 18.3. The van der Waals surface area contributed by atoms with Crippen molar-refractivity contribution in [3.05, 3.63) is 46.8 Å². The number of ether oxygens (including phenoxy) is 2. The fraction of sp³-hybridized carbons (Fsp3) is 0.478. The van der Waals surface area contributed by atoms with Crippen molar-refractivity contribution in [2.24, 2.45) is 0 Å². The molecule has 0 bridgehead atoms. The molecule has 4 rings (SSSR count). The monoisotopic (exact) mass is 409 g/mol. The molecule has 1 aliphatic rings. The lowest BCUT2D eigenvalue weighted by atomic mass is 9.93. The molecule has 0 spiro atoms. The van der Waals surface area contributed by atoms with E-state index in [0.29, 0.717) is 18.3 Å². The summed E-state index contributed by atoms with van der Waals surface area (Å²) in [6.07, 6.45) is 2.27. The van der Waals surface area contributed by atoms with E-state index in [-0.39, 0.29) is 0 Å². The maximum Gasteiger partial charge on any atom is 0.161 e. The van der Waals surface area contributed by atoms with Crippen molar-refractivity contribution >= 4 is 11.5 Å². The van der Waals surface area contributed by atoms with Crippen molar-refractivity contribution in [2.45, 2.75) is 46.1 Å². The summed E-state index contributed by atoms with van der Waals surface area (Å²) in [6.45, 7) is 9.63. The summed E-state index contributed by atoms with van der Waals surface area (Å²) in [5.41, 5.74) is 11.6. The van der Waals surface area contributed by atoms with E-state index in [4.69, 9.17) is 20.2 Å². The predicted molar refractivity (Wildman–Crippen MR) is 118 cm³/mol. The number of hydrogen-bond donors (Lipinski definition) is 1. The lowest BCUT2D eigenvalue weighted by Gasteiger charge is -2.33. The number of aryl methyl sites for hydroxylation is 2. The molecule has 7 heteroatoms. The number of hydrogen-bond acceptors (Lipinski definition) is 6. The molecule has 3 heterocycles. The number of rotatable bonds is 6. The lowest BCUT2D eigenvalue weighted by Crippen LogP contribution is -2.34. The van der Waals surface area contributed by atoms with Gasteiger partial charge in [0.2, 0.25) is 0 Å². The van der Waals surface area contributed by atoms with Gasteiger partial charge in [0.15, 0.2) is 17.1 Å². The summed E-state index contributed by atoms with van der Waals surface area (Å²) < 4.78 is 13.0. The van der Waals surface area contributed by atoms with Gasteiger partial charge in [-0.1, -0.05) is 0 Å². The highest BCUT2D eigenvalue weighted by Gasteiger charge is 2.24. The van der Waals surface area contributed by atoms with Gasteiger partial charge in [-0.3, -0.25) is 4.90 Å². The topological polar surface area (TPSA) is 77.9 Å². The van der Waals surface area contributed by atoms with Crippen LogP contribution in [0.5, 0.6) is 11.5 Å². The Kier molecular flexibility index (Phi) is 5.81. The van der Waals surface area contributed by atoms with E-state index in [1.54, 1.807) is 11.6 Å². The van der Waals surface area contributed by atoms with E-state index in [9.17, 15) is 0 Å². The third-order valence-corrected chi connectivity index (χ3v) is 5.84. The highest BCUT2D eigenvalue weighted by molar-refractivity contribution is 5.49. The van der Waals surface area contributed by atoms with Gasteiger partial charge in [0.05, 0.1) is 25.1 Å². The molecule has 160 valence electrons. The molecule has 1 fully saturated rings. The molecule has 2 aromatic heterocycles. The summed E-state index contributed by atoms with van der Waals surface area (Å²) in [5, 5.41) is 4.41. The third-order valence-electron chi connectivity index (χ3n) is 5.84. The molecule has 3 aromatic rings. The molecule has 7 nitrogen and oxygen atoms in total. The summed E-state index contributed by atoms with van der Waals surface area (Å²) in [4.78, 5) is 7.36. The predicted octanol–water partition coefficient (Wildman–Crippen LogP) is 3.72. The Morgan fingerprint density at radius 3 is 2.77 bits per heavy atom. The number of benzene rings is 1. The molecule has 1 aromatic carbocycles. The smallest absolute Gasteiger partial charge is 0.161 e. The first kappa shape index (κ1) is 20.5. The van der Waals surface area contributed by atoms with Crippen LogP contribution in [0.2, 0.25) is 0 Å². The summed E-state index contributed by atoms with van der Waals surface area (Å²) in [7, 11) is 1.68. The van der Waals surface area contributed by atoms with Gasteiger partial charge < -0.3 is 15.2 Å². The van der Waals surface area contributed by atoms with E-state index < -0.39 is 0 Å². The van der Waals surface area contributed by atoms with Crippen LogP contribution in [0.4, 0.5) is 5.82 Å². The second-order valence-corrected chi connectivity index (χ2v) is 8.10. The Hall–Kier alpha value is -2.80. The van der Waals surface area contributed by atoms with Gasteiger partial charge in [0, 0.05) is 31.1 Å². The Labute approximate surface area is 177 Å². The van der Waals surface area contributed by atoms with Gasteiger partial charge >= 0.3 is 0 Å². The lowest BCUT2D eigenvalue weighted by molar-refractivity contribution is 0.198. The van der Waals surface area contributed by atoms with E-state index in [2.05, 4.69) is 29.1 Å². The number of nitrogens with zero attached hydrogens (tertiary/aromatic N) is 4. The molecule has 0 amide bonds. The molecule has 0 saturated carbocycles. The standard InChI is InChI=1S/C23H31N5O2/c1-5-30-21-11-18(15(2)9-20(21)29-4)14-27-8-6-7-17(13-27)19-12-22(24)28-23(25-19)10-16(3)26-28/h9-12,17H,5-8,13-14,24H2,1-4H3/t17-/m1/s1. The van der Waals surface area contributed by atoms with Crippen LogP contribution in [-0.2, 0) is 6.54 Å². The zero-order chi connectivity index (χ0) is 21.3. The second-order valence-electron chi connectivity index (χ2n) is 8.10. The first-order valence-corrected chi connectivity index (χ1v) is 10.6. The van der Waals surface area contributed by atoms with Crippen LogP contribution in [0, 0.1) is 13.8 Å². The normalized spacial score (nSPS) is 17.4. The van der Waals surface area contributed by atoms with Crippen molar-refractivity contribution in [1.82, 2.24) is 19.5 Å². The van der Waals surface area contributed by atoms with Crippen molar-refractivity contribution < 1.29 is 9.47 Å². The van der Waals surface area contributed by atoms with Crippen LogP contribution in [0.15, 0.2) is 24.3 Å². The van der Waals surface area contributed by atoms with E-state index in [1.165, 1.54) is 11.1 Å². The van der Waals surface area contributed by atoms with Gasteiger partial charge in [0.1, 0.15) is 5.82 Å². The number of methoxy groups -OCH3 is 1. The van der Waals surface area contributed by atoms with E-state index in [0.717, 1.165) is 61.0 Å². The van der Waals surface area contributed by atoms with Crippen LogP contribution in [-0.4, -0.2) is 46.3 Å². The quantitative estimate of drug-likeness (QED) is 0.669. The highest BCUT2D eigenvalue weighted by atomic mass is 16.5. The average Bonchev–Trinajstić information content (AvgIpc) is 3.11. The first-order chi connectivity index (χ1) is 14.5. The van der Waals surface area contributed by atoms with Gasteiger partial charge in [0.25, 0.3) is 0 Å². The molecule has 0 radical (unpaired) electrons. The molecular weight excluding hydrogens is 378 g/mol. The number of nitrogen functional groups attached to an aromatic ring is 1. The zero-order valence-electron chi connectivity index (χ0n) is 18.3. The Morgan fingerprint density at radius 1 is 1.17 bits per heavy atom. The van der Waals surface area contributed by atoms with Crippen molar-refractivity contribution in [3.8, 4) is 11.5 Å². The minimum absolute atomic E-state index is 0.367. The largest absolute Gasteiger partial charge is 0.493 e. The molecule has 2 N–H and O–H groups in total. The number of aromatic nitrogens is 3. The number of anilines is 1. The van der Waals surface area contributed by atoms with E-state index >= 15 is 0 Å². The van der Waals surface area contributed by atoms with Crippen molar-refractivity contribution in [2.75, 3.05) is 32.5 Å². The first-order valence-electron chi connectivity index (χ1n) is 10.6. The molecule has 0 aliphatic carbocycles. The SMILES string of the molecule is CCOc1cc(CN2CCC[C@@H](c3cc(N)n4nc(C)cc4n3)C2)c(C)cc1OC. The molecule has 30 heavy (non-hydrogen) atoms. The van der Waals surface area contributed by atoms with Gasteiger partial charge in [-0.05, 0) is 63.4 Å². The average molecular weight is 410 g/mol. The van der Waals surface area contributed by atoms with Gasteiger partial charge in [-0.25, -0.2) is 4.98 Å². The Balaban J connectivity index is 1.54. The highest BCUT2D eigenvalue weighted by Crippen LogP contribution is 2.33. The third kappa shape index (κ3) is 4.07. The van der Waals surface area contributed by atoms with Crippen molar-refractivity contribution in [1.29, 1.82) is 0 Å². The molecule has 1 atom stereocenters. The van der Waals surface area contributed by atoms with Gasteiger partial charge in [-0.15, -0.1) is 0 Å². The Bertz CT molecular complexity index is 1050. The number of likely N-dealkylation sites (tertiary alicyclic amines) is 1. The number of fused-ring (bicyclic) bond motifs is 1. The fourth-order valence-electron chi connectivity index (χ4n) is 4.33. The maximum atomic E-state index is 6.25. The van der Waals surface area contributed by atoms with Gasteiger partial charge in [-0.2, -0.15) is 9.61 Å².